The van der Waals surface area contributed by atoms with Gasteiger partial charge in [0.2, 0.25) is 0 Å². The maximum atomic E-state index is 11.0. The van der Waals surface area contributed by atoms with E-state index >= 15 is 0 Å². The summed E-state index contributed by atoms with van der Waals surface area (Å²) in [6, 6.07) is 6.25. The highest BCUT2D eigenvalue weighted by molar-refractivity contribution is 7.84. The molecule has 1 aromatic carbocycles. The number of nitrogens with one attached hydrogen (secondary N) is 1. The van der Waals surface area contributed by atoms with Gasteiger partial charge in [0.25, 0.3) is 0 Å². The minimum absolute atomic E-state index is 0.209. The van der Waals surface area contributed by atoms with E-state index in [4.69, 9.17) is 9.47 Å². The first kappa shape index (κ1) is 14.3. The summed E-state index contributed by atoms with van der Waals surface area (Å²) in [6.45, 7) is 4.26. The van der Waals surface area contributed by atoms with Gasteiger partial charge in [0.05, 0.1) is 13.2 Å². The Hall–Kier alpha value is -1.07. The van der Waals surface area contributed by atoms with Crippen molar-refractivity contribution in [2.75, 3.05) is 31.8 Å². The molecule has 0 radical (unpaired) electrons. The summed E-state index contributed by atoms with van der Waals surface area (Å²) in [5, 5.41) is 3.36. The molecular weight excluding hydrogens is 262 g/mol. The molecule has 1 aliphatic rings. The minimum atomic E-state index is -0.750. The van der Waals surface area contributed by atoms with E-state index < -0.39 is 10.8 Å². The number of fused-ring (bicyclic) bond motifs is 1. The van der Waals surface area contributed by atoms with Gasteiger partial charge in [0.15, 0.2) is 11.5 Å². The first-order chi connectivity index (χ1) is 9.16. The van der Waals surface area contributed by atoms with Crippen LogP contribution in [0.2, 0.25) is 0 Å². The van der Waals surface area contributed by atoms with Crippen LogP contribution in [0.3, 0.4) is 0 Å². The minimum Gasteiger partial charge on any atom is -0.490 e. The van der Waals surface area contributed by atoms with Crippen molar-refractivity contribution in [3.8, 4) is 11.5 Å². The molecule has 0 saturated heterocycles. The second-order valence-electron chi connectivity index (χ2n) is 4.71. The average molecular weight is 283 g/mol. The predicted molar refractivity (Wildman–Crippen MR) is 77.4 cm³/mol. The van der Waals surface area contributed by atoms with Crippen LogP contribution in [0.25, 0.3) is 0 Å². The Labute approximate surface area is 116 Å². The van der Waals surface area contributed by atoms with E-state index in [1.54, 1.807) is 6.26 Å². The second-order valence-corrected chi connectivity index (χ2v) is 6.26. The van der Waals surface area contributed by atoms with Gasteiger partial charge in [-0.15, -0.1) is 0 Å². The van der Waals surface area contributed by atoms with E-state index in [9.17, 15) is 4.21 Å². The summed E-state index contributed by atoms with van der Waals surface area (Å²) in [5.41, 5.74) is 1.16. The Morgan fingerprint density at radius 3 is 2.79 bits per heavy atom. The predicted octanol–water partition coefficient (Wildman–Crippen LogP) is 1.88. The highest BCUT2D eigenvalue weighted by Crippen LogP contribution is 2.32. The number of benzene rings is 1. The first-order valence-electron chi connectivity index (χ1n) is 6.60. The molecule has 2 atom stereocenters. The molecule has 1 N–H and O–H groups in total. The quantitative estimate of drug-likeness (QED) is 0.896. The summed E-state index contributed by atoms with van der Waals surface area (Å²) in [7, 11) is -0.750. The molecule has 0 aliphatic carbocycles. The van der Waals surface area contributed by atoms with Crippen LogP contribution in [0.4, 0.5) is 0 Å². The molecule has 2 unspecified atom stereocenters. The molecule has 0 spiro atoms. The van der Waals surface area contributed by atoms with Gasteiger partial charge in [-0.3, -0.25) is 4.21 Å². The maximum absolute atomic E-state index is 11.0. The fourth-order valence-electron chi connectivity index (χ4n) is 1.99. The van der Waals surface area contributed by atoms with Crippen LogP contribution in [-0.4, -0.2) is 36.0 Å². The molecule has 0 aromatic heterocycles. The Morgan fingerprint density at radius 2 is 2.05 bits per heavy atom. The van der Waals surface area contributed by atoms with E-state index in [2.05, 4.69) is 12.2 Å². The van der Waals surface area contributed by atoms with Crippen molar-refractivity contribution in [2.45, 2.75) is 19.4 Å². The third kappa shape index (κ3) is 4.21. The van der Waals surface area contributed by atoms with Crippen LogP contribution in [0.5, 0.6) is 11.5 Å². The van der Waals surface area contributed by atoms with E-state index in [0.717, 1.165) is 30.0 Å². The Morgan fingerprint density at radius 1 is 1.32 bits per heavy atom. The SMILES string of the molecule is CC(NCCS(C)=O)c1ccc2c(c1)OCCCO2. The largest absolute Gasteiger partial charge is 0.490 e. The average Bonchev–Trinajstić information content (AvgIpc) is 2.62. The van der Waals surface area contributed by atoms with Gasteiger partial charge in [-0.25, -0.2) is 0 Å². The molecule has 1 aliphatic heterocycles. The molecule has 1 heterocycles. The lowest BCUT2D eigenvalue weighted by Crippen LogP contribution is -2.23. The summed E-state index contributed by atoms with van der Waals surface area (Å²) in [6.07, 6.45) is 2.64. The third-order valence-corrected chi connectivity index (χ3v) is 3.89. The van der Waals surface area contributed by atoms with Crippen LogP contribution >= 0.6 is 0 Å². The Bertz CT molecular complexity index is 450. The van der Waals surface area contributed by atoms with Gasteiger partial charge in [0.1, 0.15) is 0 Å². The lowest BCUT2D eigenvalue weighted by molar-refractivity contribution is 0.297. The van der Waals surface area contributed by atoms with E-state index in [0.29, 0.717) is 19.0 Å². The van der Waals surface area contributed by atoms with Crippen LogP contribution in [-0.2, 0) is 10.8 Å². The van der Waals surface area contributed by atoms with Crippen molar-refractivity contribution in [1.82, 2.24) is 5.32 Å². The van der Waals surface area contributed by atoms with Gasteiger partial charge in [-0.2, -0.15) is 0 Å². The normalized spacial score (nSPS) is 17.6. The van der Waals surface area contributed by atoms with Gasteiger partial charge >= 0.3 is 0 Å². The maximum Gasteiger partial charge on any atom is 0.161 e. The molecule has 4 nitrogen and oxygen atoms in total. The highest BCUT2D eigenvalue weighted by Gasteiger charge is 2.13. The van der Waals surface area contributed by atoms with Crippen LogP contribution in [0.15, 0.2) is 18.2 Å². The van der Waals surface area contributed by atoms with Crippen LogP contribution in [0, 0.1) is 0 Å². The van der Waals surface area contributed by atoms with Gasteiger partial charge in [-0.05, 0) is 24.6 Å². The second kappa shape index (κ2) is 6.91. The van der Waals surface area contributed by atoms with Crippen molar-refractivity contribution >= 4 is 10.8 Å². The monoisotopic (exact) mass is 283 g/mol. The Balaban J connectivity index is 2.00. The molecule has 106 valence electrons. The number of ether oxygens (including phenoxy) is 2. The molecule has 0 amide bonds. The van der Waals surface area contributed by atoms with Gasteiger partial charge in [-0.1, -0.05) is 6.07 Å². The lowest BCUT2D eigenvalue weighted by Gasteiger charge is -2.16. The molecular formula is C14H21NO3S. The zero-order valence-electron chi connectivity index (χ0n) is 11.5. The molecule has 2 rings (SSSR count). The summed E-state index contributed by atoms with van der Waals surface area (Å²) < 4.78 is 22.3. The smallest absolute Gasteiger partial charge is 0.161 e. The lowest BCUT2D eigenvalue weighted by atomic mass is 10.1. The molecule has 19 heavy (non-hydrogen) atoms. The highest BCUT2D eigenvalue weighted by atomic mass is 32.2. The zero-order chi connectivity index (χ0) is 13.7. The van der Waals surface area contributed by atoms with Crippen LogP contribution in [0.1, 0.15) is 24.9 Å². The van der Waals surface area contributed by atoms with E-state index in [1.165, 1.54) is 0 Å². The number of hydrogen-bond donors (Lipinski definition) is 1. The topological polar surface area (TPSA) is 47.6 Å². The van der Waals surface area contributed by atoms with Gasteiger partial charge < -0.3 is 14.8 Å². The first-order valence-corrected chi connectivity index (χ1v) is 8.32. The summed E-state index contributed by atoms with van der Waals surface area (Å²) in [5.74, 6) is 2.32. The van der Waals surface area contributed by atoms with Crippen LogP contribution < -0.4 is 14.8 Å². The third-order valence-electron chi connectivity index (χ3n) is 3.11. The molecule has 0 bridgehead atoms. The standard InChI is InChI=1S/C14H21NO3S/c1-11(15-6-9-19(2)16)12-4-5-13-14(10-12)18-8-3-7-17-13/h4-5,10-11,15H,3,6-9H2,1-2H3. The van der Waals surface area contributed by atoms with E-state index in [-0.39, 0.29) is 6.04 Å². The van der Waals surface area contributed by atoms with Gasteiger partial charge in [0, 0.05) is 41.8 Å². The van der Waals surface area contributed by atoms with Crippen molar-refractivity contribution in [2.24, 2.45) is 0 Å². The summed E-state index contributed by atoms with van der Waals surface area (Å²) in [4.78, 5) is 0. The number of hydrogen-bond acceptors (Lipinski definition) is 4. The molecule has 0 fully saturated rings. The fraction of sp³-hybridized carbons (Fsp3) is 0.571. The Kier molecular flexibility index (Phi) is 5.22. The molecule has 0 saturated carbocycles. The van der Waals surface area contributed by atoms with Crippen molar-refractivity contribution in [3.63, 3.8) is 0 Å². The van der Waals surface area contributed by atoms with Crippen molar-refractivity contribution < 1.29 is 13.7 Å². The summed E-state index contributed by atoms with van der Waals surface area (Å²) >= 11 is 0. The molecule has 5 heteroatoms. The molecule has 1 aromatic rings. The zero-order valence-corrected chi connectivity index (χ0v) is 12.3. The number of rotatable bonds is 5. The van der Waals surface area contributed by atoms with Crippen molar-refractivity contribution in [3.05, 3.63) is 23.8 Å². The van der Waals surface area contributed by atoms with E-state index in [1.807, 2.05) is 18.2 Å². The van der Waals surface area contributed by atoms with Crippen molar-refractivity contribution in [1.29, 1.82) is 0 Å². The fourth-order valence-corrected chi connectivity index (χ4v) is 2.39.